The molecule has 0 atom stereocenters. The zero-order valence-corrected chi connectivity index (χ0v) is 10.8. The van der Waals surface area contributed by atoms with Gasteiger partial charge in [-0.2, -0.15) is 0 Å². The van der Waals surface area contributed by atoms with Gasteiger partial charge in [-0.25, -0.2) is 0 Å². The molecule has 0 unspecified atom stereocenters. The normalized spacial score (nSPS) is 11.8. The number of benzene rings is 1. The maximum Gasteiger partial charge on any atom is 0.0715 e. The third-order valence-electron chi connectivity index (χ3n) is 2.47. The zero-order chi connectivity index (χ0) is 12.0. The van der Waals surface area contributed by atoms with E-state index in [4.69, 9.17) is 4.74 Å². The summed E-state index contributed by atoms with van der Waals surface area (Å²) in [5.74, 6) is 0. The Balaban J connectivity index is 2.52. The van der Waals surface area contributed by atoms with E-state index in [1.165, 1.54) is 11.1 Å². The maximum absolute atomic E-state index is 5.20. The monoisotopic (exact) mass is 221 g/mol. The van der Waals surface area contributed by atoms with Crippen LogP contribution in [0.1, 0.15) is 31.9 Å². The largest absolute Gasteiger partial charge is 0.380 e. The van der Waals surface area contributed by atoms with Gasteiger partial charge in [-0.1, -0.05) is 24.3 Å². The molecular formula is C14H23NO. The van der Waals surface area contributed by atoms with Crippen LogP contribution in [0.25, 0.3) is 0 Å². The minimum atomic E-state index is 0.191. The van der Waals surface area contributed by atoms with Gasteiger partial charge in [0.1, 0.15) is 0 Å². The highest BCUT2D eigenvalue weighted by Crippen LogP contribution is 2.10. The van der Waals surface area contributed by atoms with Crippen molar-refractivity contribution >= 4 is 0 Å². The fraction of sp³-hybridized carbons (Fsp3) is 0.571. The summed E-state index contributed by atoms with van der Waals surface area (Å²) >= 11 is 0. The molecule has 0 aliphatic heterocycles. The molecule has 0 saturated carbocycles. The SMILES string of the molecule is COCc1ccccc1CCNC(C)(C)C. The van der Waals surface area contributed by atoms with Crippen LogP contribution in [0.4, 0.5) is 0 Å². The highest BCUT2D eigenvalue weighted by Gasteiger charge is 2.08. The van der Waals surface area contributed by atoms with E-state index in [2.05, 4.69) is 50.4 Å². The van der Waals surface area contributed by atoms with Gasteiger partial charge in [-0.05, 0) is 44.9 Å². The molecule has 0 aliphatic rings. The molecule has 0 heterocycles. The third kappa shape index (κ3) is 4.77. The van der Waals surface area contributed by atoms with Crippen LogP contribution in [0.2, 0.25) is 0 Å². The second kappa shape index (κ2) is 6.02. The summed E-state index contributed by atoms with van der Waals surface area (Å²) in [6.45, 7) is 8.27. The average molecular weight is 221 g/mol. The molecule has 0 bridgehead atoms. The van der Waals surface area contributed by atoms with Gasteiger partial charge in [0.25, 0.3) is 0 Å². The van der Waals surface area contributed by atoms with Gasteiger partial charge < -0.3 is 10.1 Å². The van der Waals surface area contributed by atoms with Gasteiger partial charge >= 0.3 is 0 Å². The molecule has 1 aromatic carbocycles. The smallest absolute Gasteiger partial charge is 0.0715 e. The molecule has 0 spiro atoms. The Hall–Kier alpha value is -0.860. The second-order valence-electron chi connectivity index (χ2n) is 5.13. The van der Waals surface area contributed by atoms with Gasteiger partial charge in [0.2, 0.25) is 0 Å². The van der Waals surface area contributed by atoms with Crippen LogP contribution in [0.15, 0.2) is 24.3 Å². The van der Waals surface area contributed by atoms with Crippen LogP contribution >= 0.6 is 0 Å². The minimum Gasteiger partial charge on any atom is -0.380 e. The number of hydrogen-bond acceptors (Lipinski definition) is 2. The summed E-state index contributed by atoms with van der Waals surface area (Å²) in [5.41, 5.74) is 2.86. The van der Waals surface area contributed by atoms with Gasteiger partial charge in [0.15, 0.2) is 0 Å². The molecular weight excluding hydrogens is 198 g/mol. The van der Waals surface area contributed by atoms with E-state index in [9.17, 15) is 0 Å². The van der Waals surface area contributed by atoms with Crippen molar-refractivity contribution < 1.29 is 4.74 Å². The highest BCUT2D eigenvalue weighted by molar-refractivity contribution is 5.26. The van der Waals surface area contributed by atoms with E-state index in [1.807, 2.05) is 0 Å². The van der Waals surface area contributed by atoms with Gasteiger partial charge in [-0.15, -0.1) is 0 Å². The van der Waals surface area contributed by atoms with E-state index >= 15 is 0 Å². The van der Waals surface area contributed by atoms with Crippen LogP contribution in [0.5, 0.6) is 0 Å². The molecule has 2 heteroatoms. The summed E-state index contributed by atoms with van der Waals surface area (Å²) in [7, 11) is 1.74. The van der Waals surface area contributed by atoms with Crippen LogP contribution in [0, 0.1) is 0 Å². The van der Waals surface area contributed by atoms with E-state index < -0.39 is 0 Å². The van der Waals surface area contributed by atoms with Crippen molar-refractivity contribution in [2.45, 2.75) is 39.3 Å². The van der Waals surface area contributed by atoms with E-state index in [0.29, 0.717) is 6.61 Å². The lowest BCUT2D eigenvalue weighted by molar-refractivity contribution is 0.184. The number of ether oxygens (including phenoxy) is 1. The molecule has 0 radical (unpaired) electrons. The molecule has 0 aliphatic carbocycles. The summed E-state index contributed by atoms with van der Waals surface area (Å²) in [5, 5.41) is 3.50. The van der Waals surface area contributed by atoms with Gasteiger partial charge in [0.05, 0.1) is 6.61 Å². The first kappa shape index (κ1) is 13.2. The molecule has 0 aromatic heterocycles. The lowest BCUT2D eigenvalue weighted by Gasteiger charge is -2.20. The Labute approximate surface area is 99.0 Å². The Morgan fingerprint density at radius 1 is 1.12 bits per heavy atom. The Kier molecular flexibility index (Phi) is 4.97. The van der Waals surface area contributed by atoms with Crippen LogP contribution in [0.3, 0.4) is 0 Å². The molecule has 0 saturated heterocycles. The van der Waals surface area contributed by atoms with Crippen molar-refractivity contribution in [1.29, 1.82) is 0 Å². The number of nitrogens with one attached hydrogen (secondary N) is 1. The molecule has 1 rings (SSSR count). The molecule has 90 valence electrons. The van der Waals surface area contributed by atoms with Crippen molar-refractivity contribution in [1.82, 2.24) is 5.32 Å². The van der Waals surface area contributed by atoms with Crippen molar-refractivity contribution in [3.05, 3.63) is 35.4 Å². The van der Waals surface area contributed by atoms with Crippen LogP contribution < -0.4 is 5.32 Å². The summed E-state index contributed by atoms with van der Waals surface area (Å²) < 4.78 is 5.20. The maximum atomic E-state index is 5.20. The topological polar surface area (TPSA) is 21.3 Å². The Bertz CT molecular complexity index is 315. The fourth-order valence-corrected chi connectivity index (χ4v) is 1.67. The summed E-state index contributed by atoms with van der Waals surface area (Å²) in [6, 6.07) is 8.47. The van der Waals surface area contributed by atoms with Crippen molar-refractivity contribution in [2.24, 2.45) is 0 Å². The number of hydrogen-bond donors (Lipinski definition) is 1. The first-order valence-corrected chi connectivity index (χ1v) is 5.83. The Morgan fingerprint density at radius 3 is 2.31 bits per heavy atom. The number of rotatable bonds is 5. The number of methoxy groups -OCH3 is 1. The lowest BCUT2D eigenvalue weighted by atomic mass is 10.0. The summed E-state index contributed by atoms with van der Waals surface area (Å²) in [6.07, 6.45) is 1.05. The lowest BCUT2D eigenvalue weighted by Crippen LogP contribution is -2.37. The molecule has 0 amide bonds. The molecule has 2 nitrogen and oxygen atoms in total. The first-order valence-electron chi connectivity index (χ1n) is 5.83. The van der Waals surface area contributed by atoms with Crippen molar-refractivity contribution in [3.8, 4) is 0 Å². The molecule has 16 heavy (non-hydrogen) atoms. The zero-order valence-electron chi connectivity index (χ0n) is 10.8. The fourth-order valence-electron chi connectivity index (χ4n) is 1.67. The first-order chi connectivity index (χ1) is 7.53. The van der Waals surface area contributed by atoms with Crippen molar-refractivity contribution in [3.63, 3.8) is 0 Å². The second-order valence-corrected chi connectivity index (χ2v) is 5.13. The van der Waals surface area contributed by atoms with Crippen molar-refractivity contribution in [2.75, 3.05) is 13.7 Å². The Morgan fingerprint density at radius 2 is 1.75 bits per heavy atom. The third-order valence-corrected chi connectivity index (χ3v) is 2.47. The molecule has 0 fully saturated rings. The summed E-state index contributed by atoms with van der Waals surface area (Å²) in [4.78, 5) is 0. The van der Waals surface area contributed by atoms with E-state index in [1.54, 1.807) is 7.11 Å². The molecule has 1 aromatic rings. The van der Waals surface area contributed by atoms with Crippen LogP contribution in [-0.4, -0.2) is 19.2 Å². The quantitative estimate of drug-likeness (QED) is 0.825. The van der Waals surface area contributed by atoms with E-state index in [-0.39, 0.29) is 5.54 Å². The predicted octanol–water partition coefficient (Wildman–Crippen LogP) is 2.76. The molecule has 1 N–H and O–H groups in total. The van der Waals surface area contributed by atoms with Gasteiger partial charge in [0, 0.05) is 12.6 Å². The minimum absolute atomic E-state index is 0.191. The highest BCUT2D eigenvalue weighted by atomic mass is 16.5. The predicted molar refractivity (Wildman–Crippen MR) is 68.6 cm³/mol. The standard InChI is InChI=1S/C14H23NO/c1-14(2,3)15-10-9-12-7-5-6-8-13(12)11-16-4/h5-8,15H,9-11H2,1-4H3. The van der Waals surface area contributed by atoms with Gasteiger partial charge in [-0.3, -0.25) is 0 Å². The average Bonchev–Trinajstić information content (AvgIpc) is 2.19. The van der Waals surface area contributed by atoms with Crippen LogP contribution in [-0.2, 0) is 17.8 Å². The van der Waals surface area contributed by atoms with E-state index in [0.717, 1.165) is 13.0 Å².